The van der Waals surface area contributed by atoms with Crippen LogP contribution in [-0.4, -0.2) is 15.9 Å². The van der Waals surface area contributed by atoms with Crippen LogP contribution >= 0.6 is 11.3 Å². The smallest absolute Gasteiger partial charge is 0.263 e. The zero-order valence-corrected chi connectivity index (χ0v) is 11.0. The number of nitrogens with one attached hydrogen (secondary N) is 1. The number of rotatable bonds is 3. The molecule has 0 aliphatic rings. The van der Waals surface area contributed by atoms with Crippen molar-refractivity contribution in [3.05, 3.63) is 40.2 Å². The fraction of sp³-hybridized carbons (Fsp3) is 0.250. The highest BCUT2D eigenvalue weighted by molar-refractivity contribution is 7.17. The number of aromatic nitrogens is 2. The van der Waals surface area contributed by atoms with E-state index >= 15 is 0 Å². The third-order valence-electron chi connectivity index (χ3n) is 2.55. The molecule has 0 unspecified atom stereocenters. The summed E-state index contributed by atoms with van der Waals surface area (Å²) in [5.41, 5.74) is 8.14. The van der Waals surface area contributed by atoms with Crippen LogP contribution in [-0.2, 0) is 6.54 Å². The van der Waals surface area contributed by atoms with E-state index in [2.05, 4.69) is 15.3 Å². The largest absolute Gasteiger partial charge is 0.375 e. The van der Waals surface area contributed by atoms with Crippen LogP contribution in [0.2, 0.25) is 0 Å². The number of pyridine rings is 1. The maximum Gasteiger partial charge on any atom is 0.263 e. The van der Waals surface area contributed by atoms with Gasteiger partial charge in [0.2, 0.25) is 0 Å². The Kier molecular flexibility index (Phi) is 3.57. The van der Waals surface area contributed by atoms with E-state index in [0.717, 1.165) is 11.3 Å². The highest BCUT2D eigenvalue weighted by Crippen LogP contribution is 2.19. The van der Waals surface area contributed by atoms with Gasteiger partial charge in [0.25, 0.3) is 5.91 Å². The molecule has 5 nitrogen and oxygen atoms in total. The second-order valence-corrected chi connectivity index (χ2v) is 4.95. The highest BCUT2D eigenvalue weighted by atomic mass is 32.1. The molecule has 1 amide bonds. The number of thiazole rings is 1. The summed E-state index contributed by atoms with van der Waals surface area (Å²) in [5.74, 6) is -0.160. The van der Waals surface area contributed by atoms with Gasteiger partial charge in [-0.3, -0.25) is 9.78 Å². The molecule has 0 saturated carbocycles. The minimum atomic E-state index is -0.160. The van der Waals surface area contributed by atoms with E-state index in [4.69, 9.17) is 5.73 Å². The predicted molar refractivity (Wildman–Crippen MR) is 71.4 cm³/mol. The normalized spacial score (nSPS) is 10.3. The van der Waals surface area contributed by atoms with Gasteiger partial charge in [-0.05, 0) is 25.5 Å². The first-order valence-electron chi connectivity index (χ1n) is 5.49. The van der Waals surface area contributed by atoms with Gasteiger partial charge < -0.3 is 11.1 Å². The van der Waals surface area contributed by atoms with Crippen LogP contribution in [0.5, 0.6) is 0 Å². The topological polar surface area (TPSA) is 80.9 Å². The van der Waals surface area contributed by atoms with Gasteiger partial charge in [0, 0.05) is 6.20 Å². The Morgan fingerprint density at radius 3 is 2.89 bits per heavy atom. The first-order valence-corrected chi connectivity index (χ1v) is 6.31. The van der Waals surface area contributed by atoms with Crippen LogP contribution in [0.25, 0.3) is 0 Å². The molecule has 0 spiro atoms. The molecule has 0 radical (unpaired) electrons. The van der Waals surface area contributed by atoms with Crippen LogP contribution in [0.15, 0.2) is 18.3 Å². The first-order chi connectivity index (χ1) is 8.58. The van der Waals surface area contributed by atoms with Gasteiger partial charge in [-0.25, -0.2) is 4.98 Å². The third-order valence-corrected chi connectivity index (χ3v) is 3.54. The number of nitrogen functional groups attached to an aromatic ring is 1. The molecule has 0 aliphatic carbocycles. The number of aryl methyl sites for hydroxylation is 2. The van der Waals surface area contributed by atoms with Crippen molar-refractivity contribution in [2.45, 2.75) is 20.4 Å². The zero-order chi connectivity index (χ0) is 13.1. The van der Waals surface area contributed by atoms with Crippen molar-refractivity contribution in [1.29, 1.82) is 0 Å². The summed E-state index contributed by atoms with van der Waals surface area (Å²) in [7, 11) is 0. The Balaban J connectivity index is 2.05. The first kappa shape index (κ1) is 12.5. The number of carbonyl (C=O) groups excluding carboxylic acids is 1. The van der Waals surface area contributed by atoms with E-state index in [1.807, 2.05) is 19.1 Å². The van der Waals surface area contributed by atoms with Gasteiger partial charge in [-0.2, -0.15) is 0 Å². The molecule has 0 aliphatic heterocycles. The van der Waals surface area contributed by atoms with Gasteiger partial charge in [-0.15, -0.1) is 0 Å². The number of nitrogens with two attached hydrogens (primary N) is 1. The molecule has 0 atom stereocenters. The minimum absolute atomic E-state index is 0.160. The van der Waals surface area contributed by atoms with E-state index in [1.165, 1.54) is 11.3 Å². The summed E-state index contributed by atoms with van der Waals surface area (Å²) in [6.45, 7) is 4.14. The highest BCUT2D eigenvalue weighted by Gasteiger charge is 2.14. The van der Waals surface area contributed by atoms with Gasteiger partial charge >= 0.3 is 0 Å². The van der Waals surface area contributed by atoms with Crippen LogP contribution < -0.4 is 11.1 Å². The second-order valence-electron chi connectivity index (χ2n) is 3.92. The Morgan fingerprint density at radius 1 is 1.50 bits per heavy atom. The SMILES string of the molecule is Cc1cccnc1CNC(=O)c1sc(N)nc1C. The maximum absolute atomic E-state index is 11.9. The van der Waals surface area contributed by atoms with Crippen molar-refractivity contribution in [2.24, 2.45) is 0 Å². The molecule has 0 aromatic carbocycles. The number of hydrogen-bond donors (Lipinski definition) is 2. The van der Waals surface area contributed by atoms with E-state index < -0.39 is 0 Å². The minimum Gasteiger partial charge on any atom is -0.375 e. The molecule has 94 valence electrons. The van der Waals surface area contributed by atoms with E-state index in [1.54, 1.807) is 13.1 Å². The Morgan fingerprint density at radius 2 is 2.28 bits per heavy atom. The number of amides is 1. The second kappa shape index (κ2) is 5.14. The molecular formula is C12H14N4OS. The quantitative estimate of drug-likeness (QED) is 0.881. The zero-order valence-electron chi connectivity index (χ0n) is 10.2. The molecule has 0 fully saturated rings. The summed E-state index contributed by atoms with van der Waals surface area (Å²) in [6, 6.07) is 3.83. The monoisotopic (exact) mass is 262 g/mol. The van der Waals surface area contributed by atoms with E-state index in [9.17, 15) is 4.79 Å². The van der Waals surface area contributed by atoms with Crippen molar-refractivity contribution in [2.75, 3.05) is 5.73 Å². The van der Waals surface area contributed by atoms with Crippen molar-refractivity contribution >= 4 is 22.4 Å². The summed E-state index contributed by atoms with van der Waals surface area (Å²) in [4.78, 5) is 20.7. The molecule has 6 heteroatoms. The lowest BCUT2D eigenvalue weighted by atomic mass is 10.2. The Bertz CT molecular complexity index is 579. The molecule has 0 saturated heterocycles. The summed E-state index contributed by atoms with van der Waals surface area (Å²) >= 11 is 1.20. The Hall–Kier alpha value is -1.95. The molecule has 2 rings (SSSR count). The predicted octanol–water partition coefficient (Wildman–Crippen LogP) is 1.67. The maximum atomic E-state index is 11.9. The average molecular weight is 262 g/mol. The molecule has 2 aromatic rings. The number of anilines is 1. The number of carbonyl (C=O) groups is 1. The van der Waals surface area contributed by atoms with Gasteiger partial charge in [0.1, 0.15) is 4.88 Å². The lowest BCUT2D eigenvalue weighted by Crippen LogP contribution is -2.23. The molecule has 2 aromatic heterocycles. The Labute approximate surface area is 109 Å². The van der Waals surface area contributed by atoms with Crippen LogP contribution in [0.3, 0.4) is 0 Å². The lowest BCUT2D eigenvalue weighted by Gasteiger charge is -2.05. The van der Waals surface area contributed by atoms with Crippen LogP contribution in [0.4, 0.5) is 5.13 Å². The van der Waals surface area contributed by atoms with Gasteiger partial charge in [0.05, 0.1) is 17.9 Å². The van der Waals surface area contributed by atoms with Crippen molar-refractivity contribution in [1.82, 2.24) is 15.3 Å². The molecular weight excluding hydrogens is 248 g/mol. The molecule has 0 bridgehead atoms. The van der Waals surface area contributed by atoms with Crippen molar-refractivity contribution < 1.29 is 4.79 Å². The van der Waals surface area contributed by atoms with Gasteiger partial charge in [0.15, 0.2) is 5.13 Å². The van der Waals surface area contributed by atoms with Crippen LogP contribution in [0, 0.1) is 13.8 Å². The summed E-state index contributed by atoms with van der Waals surface area (Å²) in [5, 5.41) is 3.23. The summed E-state index contributed by atoms with van der Waals surface area (Å²) in [6.07, 6.45) is 1.71. The fourth-order valence-electron chi connectivity index (χ4n) is 1.58. The van der Waals surface area contributed by atoms with Gasteiger partial charge in [-0.1, -0.05) is 17.4 Å². The van der Waals surface area contributed by atoms with E-state index in [0.29, 0.717) is 22.2 Å². The van der Waals surface area contributed by atoms with Crippen molar-refractivity contribution in [3.8, 4) is 0 Å². The summed E-state index contributed by atoms with van der Waals surface area (Å²) < 4.78 is 0. The standard InChI is InChI=1S/C12H14N4OS/c1-7-4-3-5-14-9(7)6-15-11(17)10-8(2)16-12(13)18-10/h3-5H,6H2,1-2H3,(H2,13,16)(H,15,17). The molecule has 18 heavy (non-hydrogen) atoms. The number of hydrogen-bond acceptors (Lipinski definition) is 5. The molecule has 3 N–H and O–H groups in total. The van der Waals surface area contributed by atoms with Crippen LogP contribution in [0.1, 0.15) is 26.6 Å². The van der Waals surface area contributed by atoms with Crippen molar-refractivity contribution in [3.63, 3.8) is 0 Å². The number of nitrogens with zero attached hydrogens (tertiary/aromatic N) is 2. The average Bonchev–Trinajstić information content (AvgIpc) is 2.67. The molecule has 2 heterocycles. The fourth-order valence-corrected chi connectivity index (χ4v) is 2.33. The third kappa shape index (κ3) is 2.65. The van der Waals surface area contributed by atoms with E-state index in [-0.39, 0.29) is 5.91 Å². The lowest BCUT2D eigenvalue weighted by molar-refractivity contribution is 0.0953.